The van der Waals surface area contributed by atoms with Gasteiger partial charge in [0.25, 0.3) is 0 Å². The first-order chi connectivity index (χ1) is 33.3. The zero-order valence-corrected chi connectivity index (χ0v) is 36.7. The first-order valence-electron chi connectivity index (χ1n) is 23.1. The highest BCUT2D eigenvalue weighted by molar-refractivity contribution is 6.20. The summed E-state index contributed by atoms with van der Waals surface area (Å²) in [7, 11) is 0. The third-order valence-corrected chi connectivity index (χ3v) is 14.0. The molecule has 0 saturated carbocycles. The van der Waals surface area contributed by atoms with Gasteiger partial charge in [0.15, 0.2) is 0 Å². The number of furan rings is 1. The summed E-state index contributed by atoms with van der Waals surface area (Å²) in [6.45, 7) is 0. The maximum absolute atomic E-state index is 7.33. The van der Waals surface area contributed by atoms with Crippen LogP contribution in [0.2, 0.25) is 0 Å². The van der Waals surface area contributed by atoms with Gasteiger partial charge in [-0.05, 0) is 79.5 Å². The van der Waals surface area contributed by atoms with E-state index in [4.69, 9.17) is 4.42 Å². The molecule has 0 radical (unpaired) electrons. The molecule has 12 aromatic rings. The summed E-state index contributed by atoms with van der Waals surface area (Å²) in [4.78, 5) is 2.54. The molecule has 0 N–H and O–H groups in total. The molecule has 0 aliphatic heterocycles. The SMILES string of the molecule is c1ccc(-c2cccc3c2oc2c(-c4ccccc4)ccc(N(c4ccccc4-c4cccc5ccccc45)c4cccc5c4-c4ccccc4C5(c4ccccc4)c4ccccc4)c23)cc1. The molecule has 1 aliphatic carbocycles. The Bertz CT molecular complexity index is 3750. The Labute approximate surface area is 390 Å². The van der Waals surface area contributed by atoms with Crippen LogP contribution in [0.5, 0.6) is 0 Å². The zero-order chi connectivity index (χ0) is 44.3. The Morgan fingerprint density at radius 1 is 0.299 bits per heavy atom. The maximum Gasteiger partial charge on any atom is 0.145 e. The van der Waals surface area contributed by atoms with Crippen LogP contribution in [0, 0.1) is 0 Å². The molecule has 0 bridgehead atoms. The van der Waals surface area contributed by atoms with Crippen molar-refractivity contribution in [1.82, 2.24) is 0 Å². The molecule has 11 aromatic carbocycles. The normalized spacial score (nSPS) is 12.6. The lowest BCUT2D eigenvalue weighted by Gasteiger charge is -2.35. The van der Waals surface area contributed by atoms with Crippen LogP contribution in [0.1, 0.15) is 22.3 Å². The number of anilines is 3. The third-order valence-electron chi connectivity index (χ3n) is 14.0. The summed E-state index contributed by atoms with van der Waals surface area (Å²) >= 11 is 0. The molecule has 0 atom stereocenters. The average Bonchev–Trinajstić information content (AvgIpc) is 3.95. The number of hydrogen-bond acceptors (Lipinski definition) is 2. The van der Waals surface area contributed by atoms with E-state index >= 15 is 0 Å². The predicted octanol–water partition coefficient (Wildman–Crippen LogP) is 17.6. The van der Waals surface area contributed by atoms with Crippen molar-refractivity contribution in [3.63, 3.8) is 0 Å². The fourth-order valence-electron chi connectivity index (χ4n) is 11.2. The molecular formula is C65H43NO. The molecule has 1 heterocycles. The van der Waals surface area contributed by atoms with E-state index in [0.717, 1.165) is 66.8 Å². The summed E-state index contributed by atoms with van der Waals surface area (Å²) in [5.74, 6) is 0. The smallest absolute Gasteiger partial charge is 0.145 e. The van der Waals surface area contributed by atoms with Gasteiger partial charge < -0.3 is 9.32 Å². The van der Waals surface area contributed by atoms with Crippen LogP contribution >= 0.6 is 0 Å². The second kappa shape index (κ2) is 15.8. The van der Waals surface area contributed by atoms with E-state index in [2.05, 4.69) is 266 Å². The van der Waals surface area contributed by atoms with Crippen LogP contribution in [0.25, 0.3) is 77.2 Å². The topological polar surface area (TPSA) is 16.4 Å². The summed E-state index contributed by atoms with van der Waals surface area (Å²) < 4.78 is 7.33. The lowest BCUT2D eigenvalue weighted by atomic mass is 9.68. The Balaban J connectivity index is 1.19. The largest absolute Gasteiger partial charge is 0.455 e. The van der Waals surface area contributed by atoms with Gasteiger partial charge in [-0.15, -0.1) is 0 Å². The second-order valence-electron chi connectivity index (χ2n) is 17.5. The first kappa shape index (κ1) is 38.7. The molecule has 67 heavy (non-hydrogen) atoms. The van der Waals surface area contributed by atoms with Crippen molar-refractivity contribution in [2.24, 2.45) is 0 Å². The highest BCUT2D eigenvalue weighted by Gasteiger charge is 2.47. The average molecular weight is 854 g/mol. The van der Waals surface area contributed by atoms with Gasteiger partial charge in [0, 0.05) is 27.6 Å². The van der Waals surface area contributed by atoms with Crippen LogP contribution in [0.3, 0.4) is 0 Å². The van der Waals surface area contributed by atoms with Gasteiger partial charge >= 0.3 is 0 Å². The van der Waals surface area contributed by atoms with Gasteiger partial charge in [0.05, 0.1) is 27.9 Å². The number of nitrogens with zero attached hydrogens (tertiary/aromatic N) is 1. The monoisotopic (exact) mass is 853 g/mol. The summed E-state index contributed by atoms with van der Waals surface area (Å²) in [6.07, 6.45) is 0. The summed E-state index contributed by atoms with van der Waals surface area (Å²) in [5, 5.41) is 4.53. The molecule has 0 fully saturated rings. The van der Waals surface area contributed by atoms with Crippen molar-refractivity contribution in [3.8, 4) is 44.5 Å². The van der Waals surface area contributed by atoms with E-state index in [1.807, 2.05) is 0 Å². The Kier molecular flexibility index (Phi) is 9.11. The summed E-state index contributed by atoms with van der Waals surface area (Å²) in [5.41, 5.74) is 18.4. The Morgan fingerprint density at radius 3 is 1.52 bits per heavy atom. The Hall–Kier alpha value is -8.72. The minimum absolute atomic E-state index is 0.579. The summed E-state index contributed by atoms with van der Waals surface area (Å²) in [6, 6.07) is 95.0. The van der Waals surface area contributed by atoms with E-state index in [-0.39, 0.29) is 0 Å². The first-order valence-corrected chi connectivity index (χ1v) is 23.1. The van der Waals surface area contributed by atoms with Crippen molar-refractivity contribution in [2.45, 2.75) is 5.41 Å². The lowest BCUT2D eigenvalue weighted by molar-refractivity contribution is 0.671. The lowest BCUT2D eigenvalue weighted by Crippen LogP contribution is -2.28. The standard InChI is InChI=1S/C65H43NO/c1-5-22-45(23-6-1)50-35-20-37-55-62-60(43-42-51(64(62)67-63(50)55)46-24-7-2-8-25-46)66(58-40-18-16-33-53(58)52-36-19-27-44-26-13-14-32-49(44)52)59-41-21-39-57-61(59)54-34-15-17-38-56(54)65(57,47-28-9-3-10-29-47)48-30-11-4-12-31-48/h1-43H. The van der Waals surface area contributed by atoms with Crippen molar-refractivity contribution in [3.05, 3.63) is 283 Å². The minimum atomic E-state index is -0.579. The number of fused-ring (bicyclic) bond motifs is 7. The van der Waals surface area contributed by atoms with E-state index in [1.165, 1.54) is 49.7 Å². The fraction of sp³-hybridized carbons (Fsp3) is 0.0154. The molecule has 1 aromatic heterocycles. The molecule has 13 rings (SSSR count). The van der Waals surface area contributed by atoms with Crippen molar-refractivity contribution >= 4 is 49.8 Å². The van der Waals surface area contributed by atoms with E-state index in [1.54, 1.807) is 0 Å². The number of rotatable bonds is 8. The zero-order valence-electron chi connectivity index (χ0n) is 36.7. The van der Waals surface area contributed by atoms with Gasteiger partial charge in [-0.25, -0.2) is 0 Å². The maximum atomic E-state index is 7.33. The van der Waals surface area contributed by atoms with Gasteiger partial charge in [0.2, 0.25) is 0 Å². The highest BCUT2D eigenvalue weighted by atomic mass is 16.3. The molecule has 0 saturated heterocycles. The van der Waals surface area contributed by atoms with Gasteiger partial charge in [-0.1, -0.05) is 237 Å². The van der Waals surface area contributed by atoms with Crippen LogP contribution in [-0.2, 0) is 5.41 Å². The van der Waals surface area contributed by atoms with Gasteiger partial charge in [-0.3, -0.25) is 0 Å². The van der Waals surface area contributed by atoms with E-state index < -0.39 is 5.41 Å². The molecule has 0 amide bonds. The van der Waals surface area contributed by atoms with Crippen LogP contribution in [0.15, 0.2) is 265 Å². The number of benzene rings is 11. The van der Waals surface area contributed by atoms with Crippen LogP contribution < -0.4 is 4.90 Å². The van der Waals surface area contributed by atoms with Gasteiger partial charge in [-0.2, -0.15) is 0 Å². The molecule has 1 aliphatic rings. The van der Waals surface area contributed by atoms with Crippen molar-refractivity contribution < 1.29 is 4.42 Å². The molecule has 2 heteroatoms. The van der Waals surface area contributed by atoms with Crippen molar-refractivity contribution in [1.29, 1.82) is 0 Å². The molecule has 0 unspecified atom stereocenters. The minimum Gasteiger partial charge on any atom is -0.455 e. The third kappa shape index (κ3) is 5.97. The van der Waals surface area contributed by atoms with Crippen LogP contribution in [-0.4, -0.2) is 0 Å². The Morgan fingerprint density at radius 2 is 0.791 bits per heavy atom. The number of para-hydroxylation sites is 2. The quantitative estimate of drug-likeness (QED) is 0.151. The molecule has 0 spiro atoms. The second-order valence-corrected chi connectivity index (χ2v) is 17.5. The number of hydrogen-bond donors (Lipinski definition) is 0. The fourth-order valence-corrected chi connectivity index (χ4v) is 11.2. The predicted molar refractivity (Wildman–Crippen MR) is 280 cm³/mol. The van der Waals surface area contributed by atoms with E-state index in [0.29, 0.717) is 0 Å². The van der Waals surface area contributed by atoms with E-state index in [9.17, 15) is 0 Å². The highest BCUT2D eigenvalue weighted by Crippen LogP contribution is 2.61. The molecule has 2 nitrogen and oxygen atoms in total. The molecular weight excluding hydrogens is 811 g/mol. The molecule has 314 valence electrons. The van der Waals surface area contributed by atoms with Crippen molar-refractivity contribution in [2.75, 3.05) is 4.90 Å². The van der Waals surface area contributed by atoms with Gasteiger partial charge in [0.1, 0.15) is 11.2 Å². The van der Waals surface area contributed by atoms with Crippen LogP contribution in [0.4, 0.5) is 17.1 Å².